The second-order valence-corrected chi connectivity index (χ2v) is 6.56. The van der Waals surface area contributed by atoms with E-state index in [0.717, 1.165) is 11.3 Å². The van der Waals surface area contributed by atoms with Crippen LogP contribution >= 0.6 is 11.3 Å². The number of morpholine rings is 1. The predicted octanol–water partition coefficient (Wildman–Crippen LogP) is 0.516. The summed E-state index contributed by atoms with van der Waals surface area (Å²) in [5, 5.41) is 14.1. The molecule has 0 amide bonds. The van der Waals surface area contributed by atoms with Gasteiger partial charge in [0, 0.05) is 25.5 Å². The van der Waals surface area contributed by atoms with E-state index in [-0.39, 0.29) is 9.96 Å². The van der Waals surface area contributed by atoms with Gasteiger partial charge in [0.2, 0.25) is 0 Å². The highest BCUT2D eigenvalue weighted by molar-refractivity contribution is 7.91. The molecule has 0 radical (unpaired) electrons. The van der Waals surface area contributed by atoms with E-state index in [9.17, 15) is 13.5 Å². The van der Waals surface area contributed by atoms with Crippen LogP contribution in [-0.4, -0.2) is 51.2 Å². The van der Waals surface area contributed by atoms with Gasteiger partial charge < -0.3 is 15.2 Å². The zero-order chi connectivity index (χ0) is 12.5. The van der Waals surface area contributed by atoms with E-state index in [2.05, 4.69) is 5.32 Å². The number of anilines is 1. The van der Waals surface area contributed by atoms with Gasteiger partial charge in [0.05, 0.1) is 18.9 Å². The first-order valence-electron chi connectivity index (χ1n) is 5.13. The Morgan fingerprint density at radius 2 is 2.12 bits per heavy atom. The average molecular weight is 278 g/mol. The molecule has 1 fully saturated rings. The molecule has 1 saturated heterocycles. The molecular weight excluding hydrogens is 264 g/mol. The maximum atomic E-state index is 12.2. The largest absolute Gasteiger partial charge is 0.504 e. The fourth-order valence-electron chi connectivity index (χ4n) is 1.60. The van der Waals surface area contributed by atoms with Crippen molar-refractivity contribution in [1.82, 2.24) is 4.31 Å². The van der Waals surface area contributed by atoms with E-state index >= 15 is 0 Å². The summed E-state index contributed by atoms with van der Waals surface area (Å²) in [7, 11) is -1.97. The quantitative estimate of drug-likeness (QED) is 0.842. The van der Waals surface area contributed by atoms with Gasteiger partial charge in [-0.1, -0.05) is 0 Å². The molecule has 0 unspecified atom stereocenters. The molecule has 2 rings (SSSR count). The molecule has 17 heavy (non-hydrogen) atoms. The lowest BCUT2D eigenvalue weighted by atomic mass is 10.5. The Morgan fingerprint density at radius 1 is 1.47 bits per heavy atom. The lowest BCUT2D eigenvalue weighted by Crippen LogP contribution is -2.40. The topological polar surface area (TPSA) is 78.9 Å². The number of ether oxygens (including phenoxy) is 1. The summed E-state index contributed by atoms with van der Waals surface area (Å²) in [5.74, 6) is -0.205. The molecule has 8 heteroatoms. The van der Waals surface area contributed by atoms with Crippen LogP contribution in [0.5, 0.6) is 5.75 Å². The van der Waals surface area contributed by atoms with Crippen molar-refractivity contribution in [2.45, 2.75) is 4.21 Å². The van der Waals surface area contributed by atoms with Crippen LogP contribution in [-0.2, 0) is 14.8 Å². The third-order valence-corrected chi connectivity index (χ3v) is 5.93. The molecule has 0 aromatic carbocycles. The first kappa shape index (κ1) is 12.6. The average Bonchev–Trinajstić information content (AvgIpc) is 2.72. The first-order chi connectivity index (χ1) is 8.07. The van der Waals surface area contributed by atoms with Gasteiger partial charge in [0.25, 0.3) is 10.0 Å². The minimum atomic E-state index is -3.60. The SMILES string of the molecule is CNc1csc(S(=O)(=O)N2CCOCC2)c1O. The normalized spacial score (nSPS) is 18.2. The Labute approximate surface area is 104 Å². The van der Waals surface area contributed by atoms with Crippen molar-refractivity contribution in [2.24, 2.45) is 0 Å². The predicted molar refractivity (Wildman–Crippen MR) is 65.1 cm³/mol. The van der Waals surface area contributed by atoms with Gasteiger partial charge in [0.15, 0.2) is 9.96 Å². The summed E-state index contributed by atoms with van der Waals surface area (Å²) in [6.07, 6.45) is 0. The van der Waals surface area contributed by atoms with Crippen LogP contribution in [0.3, 0.4) is 0 Å². The van der Waals surface area contributed by atoms with Crippen LogP contribution in [0.1, 0.15) is 0 Å². The minimum absolute atomic E-state index is 0.0104. The second kappa shape index (κ2) is 4.81. The highest BCUT2D eigenvalue weighted by atomic mass is 32.2. The van der Waals surface area contributed by atoms with Crippen LogP contribution in [0.25, 0.3) is 0 Å². The smallest absolute Gasteiger partial charge is 0.256 e. The highest BCUT2D eigenvalue weighted by Crippen LogP contribution is 2.38. The number of rotatable bonds is 3. The van der Waals surface area contributed by atoms with Gasteiger partial charge in [0.1, 0.15) is 0 Å². The van der Waals surface area contributed by atoms with Gasteiger partial charge in [-0.25, -0.2) is 8.42 Å². The lowest BCUT2D eigenvalue weighted by molar-refractivity contribution is 0.0730. The number of hydrogen-bond acceptors (Lipinski definition) is 6. The molecule has 0 atom stereocenters. The number of hydrogen-bond donors (Lipinski definition) is 2. The first-order valence-corrected chi connectivity index (χ1v) is 7.45. The number of nitrogens with one attached hydrogen (secondary N) is 1. The van der Waals surface area contributed by atoms with Crippen molar-refractivity contribution in [2.75, 3.05) is 38.7 Å². The number of thiophene rings is 1. The van der Waals surface area contributed by atoms with Crippen molar-refractivity contribution in [3.63, 3.8) is 0 Å². The standard InChI is InChI=1S/C9H14N2O4S2/c1-10-7-6-16-9(8(7)12)17(13,14)11-2-4-15-5-3-11/h6,10,12H,2-5H2,1H3. The third kappa shape index (κ3) is 2.25. The molecule has 2 N–H and O–H groups in total. The Morgan fingerprint density at radius 3 is 2.65 bits per heavy atom. The molecule has 2 heterocycles. The monoisotopic (exact) mass is 278 g/mol. The van der Waals surface area contributed by atoms with Crippen LogP contribution in [0.2, 0.25) is 0 Å². The number of nitrogens with zero attached hydrogens (tertiary/aromatic N) is 1. The third-order valence-electron chi connectivity index (χ3n) is 2.55. The molecular formula is C9H14N2O4S2. The molecule has 1 aliphatic rings. The van der Waals surface area contributed by atoms with Crippen molar-refractivity contribution in [3.8, 4) is 5.75 Å². The lowest BCUT2D eigenvalue weighted by Gasteiger charge is -2.25. The Bertz CT molecular complexity index is 491. The van der Waals surface area contributed by atoms with E-state index in [1.54, 1.807) is 12.4 Å². The maximum Gasteiger partial charge on any atom is 0.256 e. The summed E-state index contributed by atoms with van der Waals surface area (Å²) >= 11 is 1.02. The molecule has 1 aliphatic heterocycles. The zero-order valence-corrected chi connectivity index (χ0v) is 11.0. The van der Waals surface area contributed by atoms with Gasteiger partial charge in [-0.05, 0) is 0 Å². The van der Waals surface area contributed by atoms with Gasteiger partial charge in [-0.3, -0.25) is 0 Å². The maximum absolute atomic E-state index is 12.2. The zero-order valence-electron chi connectivity index (χ0n) is 9.34. The second-order valence-electron chi connectivity index (χ2n) is 3.55. The van der Waals surface area contributed by atoms with E-state index in [0.29, 0.717) is 32.0 Å². The van der Waals surface area contributed by atoms with E-state index in [1.165, 1.54) is 4.31 Å². The van der Waals surface area contributed by atoms with Crippen LogP contribution in [0.15, 0.2) is 9.59 Å². The molecule has 6 nitrogen and oxygen atoms in total. The molecule has 0 bridgehead atoms. The minimum Gasteiger partial charge on any atom is -0.504 e. The van der Waals surface area contributed by atoms with Crippen molar-refractivity contribution < 1.29 is 18.3 Å². The summed E-state index contributed by atoms with van der Waals surface area (Å²) in [5.41, 5.74) is 0.432. The fourth-order valence-corrected chi connectivity index (χ4v) is 4.44. The van der Waals surface area contributed by atoms with Crippen LogP contribution < -0.4 is 5.32 Å². The molecule has 1 aromatic heterocycles. The molecule has 0 aliphatic carbocycles. The van der Waals surface area contributed by atoms with Gasteiger partial charge in [-0.2, -0.15) is 4.31 Å². The molecule has 1 aromatic rings. The molecule has 0 spiro atoms. The van der Waals surface area contributed by atoms with Crippen LogP contribution in [0, 0.1) is 0 Å². The van der Waals surface area contributed by atoms with Crippen molar-refractivity contribution in [3.05, 3.63) is 5.38 Å². The van der Waals surface area contributed by atoms with Crippen molar-refractivity contribution >= 4 is 27.0 Å². The molecule has 96 valence electrons. The van der Waals surface area contributed by atoms with Crippen molar-refractivity contribution in [1.29, 1.82) is 0 Å². The van der Waals surface area contributed by atoms with Gasteiger partial charge >= 0.3 is 0 Å². The number of aromatic hydroxyl groups is 1. The highest BCUT2D eigenvalue weighted by Gasteiger charge is 2.31. The summed E-state index contributed by atoms with van der Waals surface area (Å²) in [6.45, 7) is 1.44. The molecule has 0 saturated carbocycles. The Balaban J connectivity index is 2.33. The fraction of sp³-hybridized carbons (Fsp3) is 0.556. The van der Waals surface area contributed by atoms with E-state index < -0.39 is 10.0 Å². The van der Waals surface area contributed by atoms with Gasteiger partial charge in [-0.15, -0.1) is 11.3 Å². The van der Waals surface area contributed by atoms with E-state index in [1.807, 2.05) is 0 Å². The van der Waals surface area contributed by atoms with E-state index in [4.69, 9.17) is 4.74 Å². The summed E-state index contributed by atoms with van der Waals surface area (Å²) in [4.78, 5) is 0. The Hall–Kier alpha value is -0.830. The summed E-state index contributed by atoms with van der Waals surface area (Å²) in [6, 6.07) is 0. The van der Waals surface area contributed by atoms with Crippen LogP contribution in [0.4, 0.5) is 5.69 Å². The summed E-state index contributed by atoms with van der Waals surface area (Å²) < 4.78 is 30.9. The Kier molecular flexibility index (Phi) is 3.57. The number of sulfonamides is 1.